The SMILES string of the molecule is NC(N)=N/N=C/c1ccccc1[N+](=O)[O-].O=[N+]([O-])O. The van der Waals surface area contributed by atoms with Crippen LogP contribution in [0.5, 0.6) is 0 Å². The number of para-hydroxylation sites is 1. The molecule has 0 saturated carbocycles. The largest absolute Gasteiger partial charge is 0.369 e. The molecule has 1 aromatic carbocycles. The molecule has 1 aromatic rings. The van der Waals surface area contributed by atoms with Crippen LogP contribution in [0.2, 0.25) is 0 Å². The number of benzene rings is 1. The van der Waals surface area contributed by atoms with Crippen LogP contribution in [0.4, 0.5) is 5.69 Å². The van der Waals surface area contributed by atoms with Crippen LogP contribution in [0.25, 0.3) is 0 Å². The van der Waals surface area contributed by atoms with E-state index in [-0.39, 0.29) is 11.6 Å². The van der Waals surface area contributed by atoms with Crippen LogP contribution in [-0.4, -0.2) is 27.4 Å². The van der Waals surface area contributed by atoms with Crippen molar-refractivity contribution in [3.05, 3.63) is 50.1 Å². The number of nitrogens with zero attached hydrogens (tertiary/aromatic N) is 4. The van der Waals surface area contributed by atoms with E-state index in [0.717, 1.165) is 0 Å². The zero-order valence-electron chi connectivity index (χ0n) is 9.41. The second-order valence-electron chi connectivity index (χ2n) is 2.82. The number of nitro benzene ring substituents is 1. The van der Waals surface area contributed by atoms with Crippen molar-refractivity contribution in [2.75, 3.05) is 0 Å². The predicted molar refractivity (Wildman–Crippen MR) is 65.3 cm³/mol. The Morgan fingerprint density at radius 2 is 1.79 bits per heavy atom. The molecule has 0 fully saturated rings. The first-order valence-corrected chi connectivity index (χ1v) is 4.53. The van der Waals surface area contributed by atoms with Crippen LogP contribution in [-0.2, 0) is 0 Å². The number of nitrogens with two attached hydrogens (primary N) is 2. The van der Waals surface area contributed by atoms with Gasteiger partial charge in [0.25, 0.3) is 10.8 Å². The maximum atomic E-state index is 10.6. The molecule has 0 radical (unpaired) electrons. The van der Waals surface area contributed by atoms with Gasteiger partial charge in [0.15, 0.2) is 0 Å². The van der Waals surface area contributed by atoms with Gasteiger partial charge in [0, 0.05) is 6.07 Å². The number of hydrogen-bond donors (Lipinski definition) is 3. The van der Waals surface area contributed by atoms with E-state index in [1.54, 1.807) is 18.2 Å². The minimum absolute atomic E-state index is 0.0490. The van der Waals surface area contributed by atoms with Gasteiger partial charge < -0.3 is 16.7 Å². The van der Waals surface area contributed by atoms with Crippen LogP contribution in [0.15, 0.2) is 34.5 Å². The molecule has 0 atom stereocenters. The molecular weight excluding hydrogens is 260 g/mol. The number of nitro groups is 1. The molecule has 0 aromatic heterocycles. The molecule has 102 valence electrons. The molecule has 0 heterocycles. The van der Waals surface area contributed by atoms with E-state index in [9.17, 15) is 10.1 Å². The third-order valence-corrected chi connectivity index (χ3v) is 1.50. The van der Waals surface area contributed by atoms with Gasteiger partial charge in [-0.2, -0.15) is 5.10 Å². The van der Waals surface area contributed by atoms with Crippen molar-refractivity contribution in [1.82, 2.24) is 0 Å². The summed E-state index contributed by atoms with van der Waals surface area (Å²) in [5, 5.41) is 31.0. The minimum Gasteiger partial charge on any atom is -0.369 e. The van der Waals surface area contributed by atoms with Gasteiger partial charge in [0.05, 0.1) is 16.7 Å². The highest BCUT2D eigenvalue weighted by atomic mass is 16.9. The molecule has 0 spiro atoms. The normalized spacial score (nSPS) is 9.26. The lowest BCUT2D eigenvalue weighted by Gasteiger charge is -1.94. The monoisotopic (exact) mass is 270 g/mol. The summed E-state index contributed by atoms with van der Waals surface area (Å²) >= 11 is 0. The highest BCUT2D eigenvalue weighted by Gasteiger charge is 2.09. The fourth-order valence-electron chi connectivity index (χ4n) is 0.921. The first-order chi connectivity index (χ1) is 8.84. The molecule has 0 amide bonds. The maximum Gasteiger partial charge on any atom is 0.291 e. The Hall–Kier alpha value is -3.24. The molecular formula is C8H10N6O5. The highest BCUT2D eigenvalue weighted by molar-refractivity contribution is 5.86. The summed E-state index contributed by atoms with van der Waals surface area (Å²) in [5.74, 6) is -0.204. The molecule has 11 nitrogen and oxygen atoms in total. The van der Waals surface area contributed by atoms with Gasteiger partial charge in [-0.05, 0) is 6.07 Å². The quantitative estimate of drug-likeness (QED) is 0.295. The van der Waals surface area contributed by atoms with Gasteiger partial charge >= 0.3 is 0 Å². The lowest BCUT2D eigenvalue weighted by Crippen LogP contribution is -2.21. The lowest BCUT2D eigenvalue weighted by atomic mass is 10.2. The highest BCUT2D eigenvalue weighted by Crippen LogP contribution is 2.15. The fourth-order valence-corrected chi connectivity index (χ4v) is 0.921. The lowest BCUT2D eigenvalue weighted by molar-refractivity contribution is -0.742. The Bertz CT molecular complexity index is 506. The fraction of sp³-hybridized carbons (Fsp3) is 0. The van der Waals surface area contributed by atoms with Crippen LogP contribution >= 0.6 is 0 Å². The van der Waals surface area contributed by atoms with Crippen molar-refractivity contribution < 1.29 is 15.2 Å². The van der Waals surface area contributed by atoms with E-state index in [1.165, 1.54) is 12.3 Å². The van der Waals surface area contributed by atoms with Gasteiger partial charge in [0.1, 0.15) is 0 Å². The van der Waals surface area contributed by atoms with E-state index in [4.69, 9.17) is 26.8 Å². The van der Waals surface area contributed by atoms with Gasteiger partial charge in [-0.15, -0.1) is 15.2 Å². The first-order valence-electron chi connectivity index (χ1n) is 4.53. The Balaban J connectivity index is 0.000000711. The topological polar surface area (TPSA) is 183 Å². The molecule has 19 heavy (non-hydrogen) atoms. The molecule has 0 aliphatic heterocycles. The van der Waals surface area contributed by atoms with Crippen LogP contribution < -0.4 is 11.5 Å². The molecule has 0 unspecified atom stereocenters. The van der Waals surface area contributed by atoms with Crippen LogP contribution in [0.3, 0.4) is 0 Å². The molecule has 5 N–H and O–H groups in total. The molecule has 0 saturated heterocycles. The van der Waals surface area contributed by atoms with Gasteiger partial charge in [-0.1, -0.05) is 12.1 Å². The van der Waals surface area contributed by atoms with Crippen molar-refractivity contribution in [2.24, 2.45) is 21.7 Å². The zero-order valence-corrected chi connectivity index (χ0v) is 9.41. The van der Waals surface area contributed by atoms with Crippen molar-refractivity contribution in [2.45, 2.75) is 0 Å². The minimum atomic E-state index is -1.50. The summed E-state index contributed by atoms with van der Waals surface area (Å²) in [6, 6.07) is 6.14. The molecule has 11 heteroatoms. The summed E-state index contributed by atoms with van der Waals surface area (Å²) in [4.78, 5) is 18.4. The second-order valence-corrected chi connectivity index (χ2v) is 2.82. The van der Waals surface area contributed by atoms with Gasteiger partial charge in [-0.25, -0.2) is 0 Å². The van der Waals surface area contributed by atoms with Gasteiger partial charge in [0.2, 0.25) is 5.96 Å². The zero-order chi connectivity index (χ0) is 14.8. The average molecular weight is 270 g/mol. The predicted octanol–water partition coefficient (Wildman–Crippen LogP) is -0.146. The standard InChI is InChI=1S/C8H9N5O2.HNO3/c9-8(10)12-11-5-6-3-1-2-4-7(6)13(14)15;2-1(3)4/h1-5H,(H4,9,10,12);(H,2,3,4)/b11-5+;. The Morgan fingerprint density at radius 3 is 2.26 bits per heavy atom. The summed E-state index contributed by atoms with van der Waals surface area (Å²) in [5.41, 5.74) is 10.4. The van der Waals surface area contributed by atoms with Crippen LogP contribution in [0.1, 0.15) is 5.56 Å². The van der Waals surface area contributed by atoms with E-state index in [1.807, 2.05) is 0 Å². The van der Waals surface area contributed by atoms with Crippen molar-refractivity contribution in [1.29, 1.82) is 0 Å². The van der Waals surface area contributed by atoms with E-state index < -0.39 is 10.0 Å². The van der Waals surface area contributed by atoms with Crippen LogP contribution in [0, 0.1) is 20.2 Å². The summed E-state index contributed by atoms with van der Waals surface area (Å²) in [6.45, 7) is 0. The Morgan fingerprint density at radius 1 is 1.26 bits per heavy atom. The van der Waals surface area contributed by atoms with Crippen molar-refractivity contribution in [3.8, 4) is 0 Å². The molecule has 0 bridgehead atoms. The van der Waals surface area contributed by atoms with Crippen molar-refractivity contribution >= 4 is 17.9 Å². The first kappa shape index (κ1) is 15.8. The van der Waals surface area contributed by atoms with Crippen molar-refractivity contribution in [3.63, 3.8) is 0 Å². The molecule has 1 rings (SSSR count). The van der Waals surface area contributed by atoms with E-state index >= 15 is 0 Å². The number of hydrogen-bond acceptors (Lipinski definition) is 6. The average Bonchev–Trinajstić information content (AvgIpc) is 2.28. The third-order valence-electron chi connectivity index (χ3n) is 1.50. The summed E-state index contributed by atoms with van der Waals surface area (Å²) < 4.78 is 0. The number of guanidine groups is 1. The Labute approximate surface area is 106 Å². The molecule has 0 aliphatic carbocycles. The van der Waals surface area contributed by atoms with E-state index in [2.05, 4.69) is 10.2 Å². The number of rotatable bonds is 3. The molecule has 0 aliphatic rings. The maximum absolute atomic E-state index is 10.6. The van der Waals surface area contributed by atoms with Gasteiger partial charge in [-0.3, -0.25) is 10.1 Å². The van der Waals surface area contributed by atoms with E-state index in [0.29, 0.717) is 5.56 Å². The summed E-state index contributed by atoms with van der Waals surface area (Å²) in [6.07, 6.45) is 1.22. The summed E-state index contributed by atoms with van der Waals surface area (Å²) in [7, 11) is 0. The Kier molecular flexibility index (Phi) is 6.59. The second kappa shape index (κ2) is 7.94. The smallest absolute Gasteiger partial charge is 0.291 e. The third kappa shape index (κ3) is 7.62.